The summed E-state index contributed by atoms with van der Waals surface area (Å²) in [6, 6.07) is 4.26. The number of anilines is 2. The maximum atomic E-state index is 13.1. The highest BCUT2D eigenvalue weighted by atomic mass is 32.2. The van der Waals surface area contributed by atoms with Gasteiger partial charge in [0.15, 0.2) is 5.65 Å². The molecule has 3 aromatic rings. The Bertz CT molecular complexity index is 1740. The molecule has 2 atom stereocenters. The van der Waals surface area contributed by atoms with Gasteiger partial charge in [0, 0.05) is 41.5 Å². The Balaban J connectivity index is 1.15. The van der Waals surface area contributed by atoms with Gasteiger partial charge in [0.25, 0.3) is 10.1 Å². The van der Waals surface area contributed by atoms with Gasteiger partial charge in [0.2, 0.25) is 5.95 Å². The molecule has 2 amide bonds. The highest BCUT2D eigenvalue weighted by molar-refractivity contribution is 7.85. The Hall–Kier alpha value is -4.18. The SMILES string of the molecule is C[C@@H]1CCC[C@H](C)N1c1nnc2ccc(O[C@H]3CC[C@H](NC(=O)N/C(=C/C(=N)C(C)(C)C)Nc4cnn(CCOS(C)(=O)=O)c4)CC3)cn12. The second kappa shape index (κ2) is 15.2. The predicted octanol–water partition coefficient (Wildman–Crippen LogP) is 4.68. The molecule has 1 saturated heterocycles. The molecular formula is C33H50N10O5S. The minimum atomic E-state index is -3.55. The molecule has 2 aliphatic rings. The zero-order valence-electron chi connectivity index (χ0n) is 29.3. The minimum Gasteiger partial charge on any atom is -0.489 e. The number of carbonyl (C=O) groups excluding carboxylic acids is 1. The topological polar surface area (TPSA) is 181 Å². The number of allylic oxidation sites excluding steroid dienone is 1. The number of rotatable bonds is 12. The molecule has 49 heavy (non-hydrogen) atoms. The molecule has 15 nitrogen and oxygen atoms in total. The van der Waals surface area contributed by atoms with Gasteiger partial charge in [0.05, 0.1) is 43.6 Å². The second-order valence-corrected chi connectivity index (χ2v) is 15.8. The highest BCUT2D eigenvalue weighted by Gasteiger charge is 2.29. The van der Waals surface area contributed by atoms with Crippen molar-refractivity contribution in [1.29, 1.82) is 5.41 Å². The molecule has 0 radical (unpaired) electrons. The van der Waals surface area contributed by atoms with Crippen LogP contribution < -0.4 is 25.6 Å². The monoisotopic (exact) mass is 698 g/mol. The maximum absolute atomic E-state index is 13.1. The molecule has 0 spiro atoms. The van der Waals surface area contributed by atoms with Crippen LogP contribution in [0.15, 0.2) is 42.6 Å². The third kappa shape index (κ3) is 9.94. The number of nitrogens with zero attached hydrogens (tertiary/aromatic N) is 6. The lowest BCUT2D eigenvalue weighted by atomic mass is 9.90. The fraction of sp³-hybridized carbons (Fsp3) is 0.606. The number of carbonyl (C=O) groups is 1. The van der Waals surface area contributed by atoms with E-state index in [2.05, 4.69) is 50.0 Å². The molecule has 0 unspecified atom stereocenters. The molecular weight excluding hydrogens is 648 g/mol. The Labute approximate surface area is 288 Å². The summed E-state index contributed by atoms with van der Waals surface area (Å²) >= 11 is 0. The van der Waals surface area contributed by atoms with Crippen molar-refractivity contribution in [3.05, 3.63) is 42.6 Å². The predicted molar refractivity (Wildman–Crippen MR) is 188 cm³/mol. The van der Waals surface area contributed by atoms with Crippen LogP contribution in [0.3, 0.4) is 0 Å². The number of hydrogen-bond acceptors (Lipinski definition) is 11. The van der Waals surface area contributed by atoms with E-state index in [1.54, 1.807) is 18.5 Å². The molecule has 3 aromatic heterocycles. The van der Waals surface area contributed by atoms with Crippen LogP contribution in [0.25, 0.3) is 5.65 Å². The fourth-order valence-electron chi connectivity index (χ4n) is 6.23. The summed E-state index contributed by atoms with van der Waals surface area (Å²) < 4.78 is 37.3. The number of ether oxygens (including phenoxy) is 1. The van der Waals surface area contributed by atoms with E-state index in [9.17, 15) is 13.2 Å². The van der Waals surface area contributed by atoms with Gasteiger partial charge >= 0.3 is 6.03 Å². The molecule has 2 fully saturated rings. The normalized spacial score (nSPS) is 22.2. The summed E-state index contributed by atoms with van der Waals surface area (Å²) in [6.45, 7) is 10.4. The van der Waals surface area contributed by atoms with Gasteiger partial charge in [-0.1, -0.05) is 20.8 Å². The van der Waals surface area contributed by atoms with Crippen LogP contribution in [-0.2, 0) is 20.8 Å². The number of amides is 2. The summed E-state index contributed by atoms with van der Waals surface area (Å²) in [5.41, 5.74) is 1.22. The van der Waals surface area contributed by atoms with Gasteiger partial charge in [-0.2, -0.15) is 13.5 Å². The van der Waals surface area contributed by atoms with Crippen LogP contribution in [0.1, 0.15) is 79.6 Å². The van der Waals surface area contributed by atoms with Gasteiger partial charge in [-0.15, -0.1) is 10.2 Å². The smallest absolute Gasteiger partial charge is 0.320 e. The van der Waals surface area contributed by atoms with Crippen molar-refractivity contribution in [3.63, 3.8) is 0 Å². The zero-order chi connectivity index (χ0) is 35.3. The van der Waals surface area contributed by atoms with E-state index < -0.39 is 15.5 Å². The van der Waals surface area contributed by atoms with Gasteiger partial charge in [0.1, 0.15) is 11.6 Å². The molecule has 4 N–H and O–H groups in total. The zero-order valence-corrected chi connectivity index (χ0v) is 30.1. The van der Waals surface area contributed by atoms with E-state index in [1.165, 1.54) is 11.1 Å². The summed E-state index contributed by atoms with van der Waals surface area (Å²) in [4.78, 5) is 15.5. The molecule has 1 aliphatic carbocycles. The first-order chi connectivity index (χ1) is 23.1. The number of fused-ring (bicyclic) bond motifs is 1. The van der Waals surface area contributed by atoms with Crippen LogP contribution in [0, 0.1) is 10.8 Å². The number of piperidine rings is 1. The summed E-state index contributed by atoms with van der Waals surface area (Å²) in [7, 11) is -3.55. The quantitative estimate of drug-likeness (QED) is 0.153. The van der Waals surface area contributed by atoms with Crippen LogP contribution >= 0.6 is 0 Å². The Morgan fingerprint density at radius 1 is 1.06 bits per heavy atom. The van der Waals surface area contributed by atoms with E-state index >= 15 is 0 Å². The van der Waals surface area contributed by atoms with Crippen LogP contribution in [0.2, 0.25) is 0 Å². The second-order valence-electron chi connectivity index (χ2n) is 14.2. The van der Waals surface area contributed by atoms with Crippen molar-refractivity contribution in [2.24, 2.45) is 5.41 Å². The lowest BCUT2D eigenvalue weighted by Gasteiger charge is -2.39. The molecule has 1 saturated carbocycles. The van der Waals surface area contributed by atoms with Crippen molar-refractivity contribution in [1.82, 2.24) is 35.0 Å². The first-order valence-corrected chi connectivity index (χ1v) is 18.8. The van der Waals surface area contributed by atoms with Gasteiger partial charge < -0.3 is 25.7 Å². The fourth-order valence-corrected chi connectivity index (χ4v) is 6.61. The molecule has 5 rings (SSSR count). The summed E-state index contributed by atoms with van der Waals surface area (Å²) in [5.74, 6) is 1.94. The van der Waals surface area contributed by atoms with E-state index in [4.69, 9.17) is 14.3 Å². The van der Waals surface area contributed by atoms with Crippen molar-refractivity contribution < 1.29 is 22.1 Å². The lowest BCUT2D eigenvalue weighted by molar-refractivity contribution is 0.140. The van der Waals surface area contributed by atoms with Gasteiger partial charge in [-0.05, 0) is 70.9 Å². The Morgan fingerprint density at radius 2 is 1.78 bits per heavy atom. The maximum Gasteiger partial charge on any atom is 0.320 e. The van der Waals surface area contributed by atoms with E-state index in [0.717, 1.165) is 62.1 Å². The lowest BCUT2D eigenvalue weighted by Crippen LogP contribution is -2.45. The number of pyridine rings is 1. The first kappa shape index (κ1) is 36.1. The third-order valence-electron chi connectivity index (χ3n) is 8.97. The minimum absolute atomic E-state index is 0.0232. The average Bonchev–Trinajstić information content (AvgIpc) is 3.63. The number of hydrogen-bond donors (Lipinski definition) is 4. The van der Waals surface area contributed by atoms with Crippen LogP contribution in [0.5, 0.6) is 5.75 Å². The average molecular weight is 699 g/mol. The molecule has 268 valence electrons. The van der Waals surface area contributed by atoms with E-state index in [-0.39, 0.29) is 31.3 Å². The van der Waals surface area contributed by atoms with Crippen LogP contribution in [-0.4, -0.2) is 81.6 Å². The molecule has 0 bridgehead atoms. The van der Waals surface area contributed by atoms with Crippen LogP contribution in [0.4, 0.5) is 16.4 Å². The van der Waals surface area contributed by atoms with Gasteiger partial charge in [-0.3, -0.25) is 18.6 Å². The Kier molecular flexibility index (Phi) is 11.2. The molecule has 16 heteroatoms. The molecule has 1 aliphatic heterocycles. The van der Waals surface area contributed by atoms with E-state index in [1.807, 2.05) is 43.5 Å². The molecule has 4 heterocycles. The standard InChI is InChI=1S/C33H50N10O5S/c1-22-8-7-9-23(2)43(22)32-40-39-30-15-14-27(21-42(30)32)48-26-12-10-24(11-13-26)37-31(44)38-29(18-28(34)33(3,4)5)36-25-19-35-41(20-25)16-17-47-49(6,45)46/h14-15,18-24,26,34,36H,7-13,16-17H2,1-6H3,(H2,37,38,44)/b29-18+,34-28?/t22-,23+,24-,26-. The van der Waals surface area contributed by atoms with Crippen molar-refractivity contribution >= 4 is 39.1 Å². The van der Waals surface area contributed by atoms with Crippen molar-refractivity contribution in [2.75, 3.05) is 23.1 Å². The summed E-state index contributed by atoms with van der Waals surface area (Å²) in [5, 5.41) is 30.7. The molecule has 0 aromatic carbocycles. The Morgan fingerprint density at radius 3 is 2.45 bits per heavy atom. The first-order valence-electron chi connectivity index (χ1n) is 17.0. The highest BCUT2D eigenvalue weighted by Crippen LogP contribution is 2.30. The number of aromatic nitrogens is 5. The number of urea groups is 1. The third-order valence-corrected chi connectivity index (χ3v) is 9.56. The van der Waals surface area contributed by atoms with Gasteiger partial charge in [-0.25, -0.2) is 4.79 Å². The number of nitrogens with one attached hydrogen (secondary N) is 4. The van der Waals surface area contributed by atoms with Crippen molar-refractivity contribution in [2.45, 2.75) is 110 Å². The van der Waals surface area contributed by atoms with E-state index in [0.29, 0.717) is 29.3 Å². The van der Waals surface area contributed by atoms with Crippen molar-refractivity contribution in [3.8, 4) is 5.75 Å². The largest absolute Gasteiger partial charge is 0.489 e. The summed E-state index contributed by atoms with van der Waals surface area (Å²) in [6.07, 6.45) is 14.4.